The molecule has 0 aliphatic carbocycles. The Balaban J connectivity index is 1.83. The molecule has 1 aliphatic rings. The Hall–Kier alpha value is -2.82. The highest BCUT2D eigenvalue weighted by Gasteiger charge is 2.32. The van der Waals surface area contributed by atoms with E-state index in [0.29, 0.717) is 6.04 Å². The second-order valence-corrected chi connectivity index (χ2v) is 7.40. The highest BCUT2D eigenvalue weighted by molar-refractivity contribution is 5.93. The molecule has 0 fully saturated rings. The van der Waals surface area contributed by atoms with Crippen LogP contribution >= 0.6 is 0 Å². The molecule has 0 saturated heterocycles. The van der Waals surface area contributed by atoms with Gasteiger partial charge in [-0.05, 0) is 70.0 Å². The number of allylic oxidation sites excluding steroid dienone is 1. The number of carbonyl (C=O) groups excluding carboxylic acids is 1. The maximum absolute atomic E-state index is 11.8. The van der Waals surface area contributed by atoms with Crippen molar-refractivity contribution in [1.82, 2.24) is 5.43 Å². The van der Waals surface area contributed by atoms with Crippen LogP contribution in [-0.4, -0.2) is 23.7 Å². The lowest BCUT2D eigenvalue weighted by Crippen LogP contribution is -2.49. The van der Waals surface area contributed by atoms with E-state index in [9.17, 15) is 4.79 Å². The molecule has 5 heteroatoms. The van der Waals surface area contributed by atoms with Crippen molar-refractivity contribution in [3.63, 3.8) is 0 Å². The van der Waals surface area contributed by atoms with Gasteiger partial charge in [0.05, 0.1) is 18.0 Å². The van der Waals surface area contributed by atoms with Gasteiger partial charge in [0.1, 0.15) is 0 Å². The highest BCUT2D eigenvalue weighted by Crippen LogP contribution is 2.40. The highest BCUT2D eigenvalue weighted by atomic mass is 16.3. The maximum atomic E-state index is 11.8. The van der Waals surface area contributed by atoms with Crippen LogP contribution in [0, 0.1) is 0 Å². The second kappa shape index (κ2) is 6.83. The van der Waals surface area contributed by atoms with Crippen molar-refractivity contribution in [1.29, 1.82) is 0 Å². The van der Waals surface area contributed by atoms with Crippen molar-refractivity contribution in [2.45, 2.75) is 46.2 Å². The fourth-order valence-corrected chi connectivity index (χ4v) is 3.72. The third-order valence-corrected chi connectivity index (χ3v) is 4.54. The van der Waals surface area contributed by atoms with Crippen LogP contribution < -0.4 is 10.3 Å². The first-order chi connectivity index (χ1) is 12.3. The van der Waals surface area contributed by atoms with Crippen LogP contribution in [-0.2, 0) is 0 Å². The van der Waals surface area contributed by atoms with Gasteiger partial charge in [-0.2, -0.15) is 5.10 Å². The third-order valence-electron chi connectivity index (χ3n) is 4.54. The van der Waals surface area contributed by atoms with Gasteiger partial charge in [0.2, 0.25) is 0 Å². The average Bonchev–Trinajstić information content (AvgIpc) is 3.08. The molecule has 136 valence electrons. The van der Waals surface area contributed by atoms with E-state index in [2.05, 4.69) is 68.3 Å². The fourth-order valence-electron chi connectivity index (χ4n) is 3.72. The van der Waals surface area contributed by atoms with Gasteiger partial charge in [0, 0.05) is 17.3 Å². The standard InChI is InChI=1S/C21H25N3O2/c1-14(2)24-18-9-8-16(11-17(18)15(3)12-21(24,4)5)13-22-23-20(25)19-7-6-10-26-19/h6-14H,1-5H3,(H,23,25)/b22-13-. The lowest BCUT2D eigenvalue weighted by Gasteiger charge is -2.46. The average molecular weight is 351 g/mol. The normalized spacial score (nSPS) is 15.9. The quantitative estimate of drug-likeness (QED) is 0.654. The predicted molar refractivity (Wildman–Crippen MR) is 106 cm³/mol. The number of anilines is 1. The van der Waals surface area contributed by atoms with Crippen LogP contribution in [0.15, 0.2) is 52.2 Å². The number of amides is 1. The minimum absolute atomic E-state index is 0.0299. The first-order valence-corrected chi connectivity index (χ1v) is 8.80. The maximum Gasteiger partial charge on any atom is 0.307 e. The molecule has 0 unspecified atom stereocenters. The molecule has 1 N–H and O–H groups in total. The van der Waals surface area contributed by atoms with Crippen LogP contribution in [0.25, 0.3) is 5.57 Å². The summed E-state index contributed by atoms with van der Waals surface area (Å²) in [6.45, 7) is 11.0. The molecule has 2 heterocycles. The first kappa shape index (κ1) is 18.0. The van der Waals surface area contributed by atoms with Crippen LogP contribution in [0.2, 0.25) is 0 Å². The van der Waals surface area contributed by atoms with Crippen molar-refractivity contribution in [2.75, 3.05) is 4.90 Å². The molecule has 0 saturated carbocycles. The summed E-state index contributed by atoms with van der Waals surface area (Å²) in [4.78, 5) is 14.3. The Bertz CT molecular complexity index is 861. The minimum atomic E-state index is -0.368. The second-order valence-electron chi connectivity index (χ2n) is 7.40. The van der Waals surface area contributed by atoms with Crippen molar-refractivity contribution < 1.29 is 9.21 Å². The molecule has 1 amide bonds. The van der Waals surface area contributed by atoms with Gasteiger partial charge in [0.15, 0.2) is 5.76 Å². The van der Waals surface area contributed by atoms with Gasteiger partial charge in [-0.25, -0.2) is 5.43 Å². The zero-order valence-corrected chi connectivity index (χ0v) is 15.9. The molecule has 2 aromatic rings. The summed E-state index contributed by atoms with van der Waals surface area (Å²) >= 11 is 0. The van der Waals surface area contributed by atoms with Crippen LogP contribution in [0.4, 0.5) is 5.69 Å². The molecule has 0 radical (unpaired) electrons. The Morgan fingerprint density at radius 3 is 2.73 bits per heavy atom. The molecule has 0 atom stereocenters. The van der Waals surface area contributed by atoms with E-state index in [-0.39, 0.29) is 17.2 Å². The first-order valence-electron chi connectivity index (χ1n) is 8.80. The molecular weight excluding hydrogens is 326 g/mol. The molecule has 26 heavy (non-hydrogen) atoms. The van der Waals surface area contributed by atoms with E-state index in [1.807, 2.05) is 6.07 Å². The predicted octanol–water partition coefficient (Wildman–Crippen LogP) is 4.45. The largest absolute Gasteiger partial charge is 0.459 e. The summed E-state index contributed by atoms with van der Waals surface area (Å²) in [5.41, 5.74) is 7.04. The summed E-state index contributed by atoms with van der Waals surface area (Å²) in [6.07, 6.45) is 5.40. The van der Waals surface area contributed by atoms with E-state index in [1.165, 1.54) is 23.1 Å². The van der Waals surface area contributed by atoms with Crippen LogP contribution in [0.5, 0.6) is 0 Å². The minimum Gasteiger partial charge on any atom is -0.459 e. The summed E-state index contributed by atoms with van der Waals surface area (Å²) < 4.78 is 5.04. The smallest absolute Gasteiger partial charge is 0.307 e. The number of hydrazone groups is 1. The molecule has 3 rings (SSSR count). The van der Waals surface area contributed by atoms with Gasteiger partial charge in [0.25, 0.3) is 0 Å². The van der Waals surface area contributed by atoms with Gasteiger partial charge < -0.3 is 9.32 Å². The summed E-state index contributed by atoms with van der Waals surface area (Å²) in [5, 5.41) is 4.04. The Labute approximate surface area is 154 Å². The Kier molecular flexibility index (Phi) is 4.72. The van der Waals surface area contributed by atoms with Gasteiger partial charge in [-0.15, -0.1) is 0 Å². The Morgan fingerprint density at radius 1 is 1.31 bits per heavy atom. The van der Waals surface area contributed by atoms with E-state index < -0.39 is 0 Å². The van der Waals surface area contributed by atoms with Crippen molar-refractivity contribution in [2.24, 2.45) is 5.10 Å². The molecule has 0 bridgehead atoms. The van der Waals surface area contributed by atoms with Gasteiger partial charge in [-0.3, -0.25) is 4.79 Å². The number of nitrogens with zero attached hydrogens (tertiary/aromatic N) is 2. The van der Waals surface area contributed by atoms with Crippen molar-refractivity contribution >= 4 is 23.4 Å². The molecule has 5 nitrogen and oxygen atoms in total. The number of hydrogen-bond donors (Lipinski definition) is 1. The topological polar surface area (TPSA) is 57.8 Å². The van der Waals surface area contributed by atoms with E-state index in [0.717, 1.165) is 5.56 Å². The molecule has 1 aromatic carbocycles. The van der Waals surface area contributed by atoms with E-state index >= 15 is 0 Å². The molecule has 0 spiro atoms. The molecule has 1 aromatic heterocycles. The fraction of sp³-hybridized carbons (Fsp3) is 0.333. The lowest BCUT2D eigenvalue weighted by atomic mass is 9.87. The number of benzene rings is 1. The van der Waals surface area contributed by atoms with E-state index in [4.69, 9.17) is 4.42 Å². The zero-order chi connectivity index (χ0) is 18.9. The SMILES string of the molecule is CC1=CC(C)(C)N(C(C)C)c2ccc(/C=N\NC(=O)c3ccco3)cc21. The monoisotopic (exact) mass is 351 g/mol. The molecular formula is C21H25N3O2. The number of hydrogen-bond acceptors (Lipinski definition) is 4. The number of rotatable bonds is 4. The lowest BCUT2D eigenvalue weighted by molar-refractivity contribution is 0.0927. The van der Waals surface area contributed by atoms with Crippen molar-refractivity contribution in [3.05, 3.63) is 59.6 Å². The summed E-state index contributed by atoms with van der Waals surface area (Å²) in [7, 11) is 0. The zero-order valence-electron chi connectivity index (χ0n) is 15.9. The van der Waals surface area contributed by atoms with Gasteiger partial charge >= 0.3 is 5.91 Å². The summed E-state index contributed by atoms with van der Waals surface area (Å²) in [6, 6.07) is 9.91. The number of carbonyl (C=O) groups is 1. The number of furan rings is 1. The van der Waals surface area contributed by atoms with Crippen molar-refractivity contribution in [3.8, 4) is 0 Å². The molecule has 1 aliphatic heterocycles. The van der Waals surface area contributed by atoms with Crippen LogP contribution in [0.3, 0.4) is 0 Å². The van der Waals surface area contributed by atoms with E-state index in [1.54, 1.807) is 18.3 Å². The summed E-state index contributed by atoms with van der Waals surface area (Å²) in [5.74, 6) is -0.130. The van der Waals surface area contributed by atoms with Gasteiger partial charge in [-0.1, -0.05) is 12.1 Å². The Morgan fingerprint density at radius 2 is 2.08 bits per heavy atom. The number of nitrogens with one attached hydrogen (secondary N) is 1. The number of fused-ring (bicyclic) bond motifs is 1. The third kappa shape index (κ3) is 3.43. The van der Waals surface area contributed by atoms with Crippen LogP contribution in [0.1, 0.15) is 56.3 Å².